The number of hydrogen-bond acceptors (Lipinski definition) is 5. The number of ether oxygens (including phenoxy) is 2. The van der Waals surface area contributed by atoms with E-state index < -0.39 is 0 Å². The number of halogens is 2. The molecule has 0 fully saturated rings. The van der Waals surface area contributed by atoms with Crippen LogP contribution in [0.5, 0.6) is 11.5 Å². The van der Waals surface area contributed by atoms with E-state index in [2.05, 4.69) is 10.5 Å². The molecule has 0 radical (unpaired) electrons. The molecule has 0 bridgehead atoms. The molecule has 1 N–H and O–H groups in total. The Morgan fingerprint density at radius 3 is 2.70 bits per heavy atom. The highest BCUT2D eigenvalue weighted by molar-refractivity contribution is 7.10. The molecular weight excluding hydrogens is 443 g/mol. The molecule has 8 heteroatoms. The van der Waals surface area contributed by atoms with Crippen molar-refractivity contribution < 1.29 is 14.3 Å². The molecule has 1 aromatic heterocycles. The van der Waals surface area contributed by atoms with E-state index in [9.17, 15) is 4.79 Å². The van der Waals surface area contributed by atoms with Crippen LogP contribution in [-0.2, 0) is 17.8 Å². The number of carbonyl (C=O) groups is 1. The topological polar surface area (TPSA) is 59.9 Å². The van der Waals surface area contributed by atoms with Gasteiger partial charge in [-0.2, -0.15) is 5.10 Å². The molecule has 0 unspecified atom stereocenters. The van der Waals surface area contributed by atoms with Crippen LogP contribution in [0.2, 0.25) is 10.0 Å². The maximum atomic E-state index is 11.9. The standard InChI is InChI=1S/C22H20Cl2N2O3S/c1-2-28-21-11-15(13-25-26-22(27)12-17-4-3-9-30-17)6-8-20(21)29-14-16-5-7-18(23)19(24)10-16/h3-11,13H,2,12,14H2,1H3,(H,26,27)/b25-13-. The monoisotopic (exact) mass is 462 g/mol. The Hall–Kier alpha value is -2.54. The van der Waals surface area contributed by atoms with Gasteiger partial charge in [-0.25, -0.2) is 5.43 Å². The van der Waals surface area contributed by atoms with Crippen molar-refractivity contribution >= 4 is 46.7 Å². The van der Waals surface area contributed by atoms with Gasteiger partial charge < -0.3 is 9.47 Å². The Morgan fingerprint density at radius 2 is 1.97 bits per heavy atom. The van der Waals surface area contributed by atoms with E-state index in [1.807, 2.05) is 42.6 Å². The van der Waals surface area contributed by atoms with Crippen LogP contribution < -0.4 is 14.9 Å². The third-order valence-electron chi connectivity index (χ3n) is 3.96. The van der Waals surface area contributed by atoms with Gasteiger partial charge >= 0.3 is 0 Å². The lowest BCUT2D eigenvalue weighted by atomic mass is 10.2. The Morgan fingerprint density at radius 1 is 1.10 bits per heavy atom. The highest BCUT2D eigenvalue weighted by atomic mass is 35.5. The van der Waals surface area contributed by atoms with Crippen LogP contribution in [0.4, 0.5) is 0 Å². The Kier molecular flexibility index (Phi) is 8.13. The molecule has 30 heavy (non-hydrogen) atoms. The summed E-state index contributed by atoms with van der Waals surface area (Å²) >= 11 is 13.5. The number of thiophene rings is 1. The van der Waals surface area contributed by atoms with Crippen molar-refractivity contribution in [3.63, 3.8) is 0 Å². The fourth-order valence-corrected chi connectivity index (χ4v) is 3.60. The minimum Gasteiger partial charge on any atom is -0.490 e. The van der Waals surface area contributed by atoms with E-state index in [1.54, 1.807) is 24.4 Å². The summed E-state index contributed by atoms with van der Waals surface area (Å²) in [6, 6.07) is 14.6. The molecule has 1 amide bonds. The number of benzene rings is 2. The number of amides is 1. The first-order valence-corrected chi connectivity index (χ1v) is 10.9. The van der Waals surface area contributed by atoms with E-state index >= 15 is 0 Å². The molecule has 1 heterocycles. The van der Waals surface area contributed by atoms with Gasteiger partial charge in [0, 0.05) is 4.88 Å². The number of hydrazone groups is 1. The predicted molar refractivity (Wildman–Crippen MR) is 122 cm³/mol. The lowest BCUT2D eigenvalue weighted by Gasteiger charge is -2.13. The number of rotatable bonds is 9. The Labute approximate surface area is 189 Å². The van der Waals surface area contributed by atoms with Crippen LogP contribution in [-0.4, -0.2) is 18.7 Å². The second kappa shape index (κ2) is 11.0. The van der Waals surface area contributed by atoms with Crippen molar-refractivity contribution in [3.05, 3.63) is 80.0 Å². The highest BCUT2D eigenvalue weighted by Crippen LogP contribution is 2.30. The van der Waals surface area contributed by atoms with Crippen molar-refractivity contribution in [2.75, 3.05) is 6.61 Å². The Balaban J connectivity index is 1.62. The molecule has 0 atom stereocenters. The molecule has 0 aliphatic heterocycles. The van der Waals surface area contributed by atoms with E-state index in [1.165, 1.54) is 11.3 Å². The van der Waals surface area contributed by atoms with E-state index in [-0.39, 0.29) is 5.91 Å². The molecule has 0 saturated carbocycles. The van der Waals surface area contributed by atoms with Crippen molar-refractivity contribution in [1.29, 1.82) is 0 Å². The van der Waals surface area contributed by atoms with Gasteiger partial charge in [-0.3, -0.25) is 4.79 Å². The van der Waals surface area contributed by atoms with E-state index in [4.69, 9.17) is 32.7 Å². The molecule has 0 aliphatic rings. The summed E-state index contributed by atoms with van der Waals surface area (Å²) in [7, 11) is 0. The van der Waals surface area contributed by atoms with Gasteiger partial charge in [-0.05, 0) is 59.8 Å². The summed E-state index contributed by atoms with van der Waals surface area (Å²) in [6.07, 6.45) is 1.87. The van der Waals surface area contributed by atoms with Crippen LogP contribution >= 0.6 is 34.5 Å². The smallest absolute Gasteiger partial charge is 0.245 e. The van der Waals surface area contributed by atoms with Crippen LogP contribution in [0.3, 0.4) is 0 Å². The summed E-state index contributed by atoms with van der Waals surface area (Å²) in [5, 5.41) is 6.94. The minimum absolute atomic E-state index is 0.166. The fourth-order valence-electron chi connectivity index (χ4n) is 2.57. The van der Waals surface area contributed by atoms with Crippen LogP contribution in [0.25, 0.3) is 0 Å². The number of nitrogens with one attached hydrogen (secondary N) is 1. The highest BCUT2D eigenvalue weighted by Gasteiger charge is 2.08. The van der Waals surface area contributed by atoms with Gasteiger partial charge in [0.2, 0.25) is 5.91 Å². The third-order valence-corrected chi connectivity index (χ3v) is 5.58. The van der Waals surface area contributed by atoms with E-state index in [0.29, 0.717) is 41.2 Å². The normalized spacial score (nSPS) is 10.9. The van der Waals surface area contributed by atoms with Crippen LogP contribution in [0.15, 0.2) is 59.0 Å². The van der Waals surface area contributed by atoms with Crippen LogP contribution in [0, 0.1) is 0 Å². The van der Waals surface area contributed by atoms with Gasteiger partial charge in [0.15, 0.2) is 11.5 Å². The molecular formula is C22H20Cl2N2O3S. The first-order valence-electron chi connectivity index (χ1n) is 9.23. The maximum absolute atomic E-state index is 11.9. The van der Waals surface area contributed by atoms with Gasteiger partial charge in [-0.1, -0.05) is 35.3 Å². The second-order valence-corrected chi connectivity index (χ2v) is 8.07. The molecule has 2 aromatic carbocycles. The lowest BCUT2D eigenvalue weighted by molar-refractivity contribution is -0.120. The zero-order chi connectivity index (χ0) is 21.3. The maximum Gasteiger partial charge on any atom is 0.245 e. The SMILES string of the molecule is CCOc1cc(/C=N\NC(=O)Cc2cccs2)ccc1OCc1ccc(Cl)c(Cl)c1. The van der Waals surface area contributed by atoms with E-state index in [0.717, 1.165) is 16.0 Å². The first kappa shape index (κ1) is 22.2. The molecule has 0 saturated heterocycles. The second-order valence-electron chi connectivity index (χ2n) is 6.23. The zero-order valence-corrected chi connectivity index (χ0v) is 18.6. The summed E-state index contributed by atoms with van der Waals surface area (Å²) in [4.78, 5) is 12.9. The molecule has 3 aromatic rings. The van der Waals surface area contributed by atoms with Crippen molar-refractivity contribution in [1.82, 2.24) is 5.43 Å². The van der Waals surface area contributed by atoms with Gasteiger partial charge in [0.1, 0.15) is 6.61 Å². The average Bonchev–Trinajstić information content (AvgIpc) is 3.23. The summed E-state index contributed by atoms with van der Waals surface area (Å²) in [5.74, 6) is 1.02. The molecule has 156 valence electrons. The summed E-state index contributed by atoms with van der Waals surface area (Å²) < 4.78 is 11.6. The van der Waals surface area contributed by atoms with Gasteiger partial charge in [0.05, 0.1) is 29.3 Å². The minimum atomic E-state index is -0.166. The number of hydrogen-bond donors (Lipinski definition) is 1. The first-order chi connectivity index (χ1) is 14.5. The van der Waals surface area contributed by atoms with Crippen molar-refractivity contribution in [3.8, 4) is 11.5 Å². The average molecular weight is 463 g/mol. The summed E-state index contributed by atoms with van der Waals surface area (Å²) in [5.41, 5.74) is 4.20. The predicted octanol–water partition coefficient (Wildman–Crippen LogP) is 5.73. The van der Waals surface area contributed by atoms with Crippen molar-refractivity contribution in [2.24, 2.45) is 5.10 Å². The molecule has 5 nitrogen and oxygen atoms in total. The van der Waals surface area contributed by atoms with Gasteiger partial charge in [0.25, 0.3) is 0 Å². The van der Waals surface area contributed by atoms with Crippen LogP contribution in [0.1, 0.15) is 22.9 Å². The summed E-state index contributed by atoms with van der Waals surface area (Å²) in [6.45, 7) is 2.71. The third kappa shape index (κ3) is 6.49. The number of carbonyl (C=O) groups excluding carboxylic acids is 1. The largest absolute Gasteiger partial charge is 0.490 e. The number of nitrogens with zero attached hydrogens (tertiary/aromatic N) is 1. The van der Waals surface area contributed by atoms with Crippen molar-refractivity contribution in [2.45, 2.75) is 20.0 Å². The molecule has 0 spiro atoms. The lowest BCUT2D eigenvalue weighted by Crippen LogP contribution is -2.19. The Bertz CT molecular complexity index is 1020. The molecule has 0 aliphatic carbocycles. The zero-order valence-electron chi connectivity index (χ0n) is 16.2. The fraction of sp³-hybridized carbons (Fsp3) is 0.182. The molecule has 3 rings (SSSR count). The quantitative estimate of drug-likeness (QED) is 0.326. The van der Waals surface area contributed by atoms with Gasteiger partial charge in [-0.15, -0.1) is 11.3 Å².